The lowest BCUT2D eigenvalue weighted by molar-refractivity contribution is -0.154. The Kier molecular flexibility index (Phi) is 4.18. The molecule has 25 heavy (non-hydrogen) atoms. The molecule has 2 saturated heterocycles. The van der Waals surface area contributed by atoms with Crippen molar-refractivity contribution in [2.24, 2.45) is 0 Å². The molecule has 3 fully saturated rings. The van der Waals surface area contributed by atoms with Crippen molar-refractivity contribution in [2.75, 3.05) is 18.4 Å². The van der Waals surface area contributed by atoms with Crippen LogP contribution in [0.2, 0.25) is 0 Å². The van der Waals surface area contributed by atoms with E-state index in [0.717, 1.165) is 50.8 Å². The van der Waals surface area contributed by atoms with Crippen LogP contribution in [-0.4, -0.2) is 52.3 Å². The number of carbonyl (C=O) groups is 2. The van der Waals surface area contributed by atoms with Gasteiger partial charge in [0.2, 0.25) is 11.8 Å². The smallest absolute Gasteiger partial charge is 0.248 e. The van der Waals surface area contributed by atoms with Gasteiger partial charge in [-0.15, -0.1) is 0 Å². The average Bonchev–Trinajstić information content (AvgIpc) is 3.28. The van der Waals surface area contributed by atoms with E-state index in [1.54, 1.807) is 0 Å². The average molecular weight is 341 g/mol. The summed E-state index contributed by atoms with van der Waals surface area (Å²) in [7, 11) is 0. The first-order chi connectivity index (χ1) is 12.1. The van der Waals surface area contributed by atoms with Gasteiger partial charge in [-0.05, 0) is 44.7 Å². The molecule has 0 bridgehead atoms. The molecule has 5 nitrogen and oxygen atoms in total. The van der Waals surface area contributed by atoms with Crippen LogP contribution < -0.4 is 5.32 Å². The third-order valence-electron chi connectivity index (χ3n) is 6.18. The fraction of sp³-hybridized carbons (Fsp3) is 0.600. The zero-order chi connectivity index (χ0) is 17.4. The van der Waals surface area contributed by atoms with Gasteiger partial charge in [0.1, 0.15) is 11.6 Å². The number of fused-ring (bicyclic) bond motifs is 1. The SMILES string of the molecule is C[C@@H]1C(=O)N2CCC[C@H]2CN1C(=O)C1(Nc2ccccc2)CCCC1. The van der Waals surface area contributed by atoms with Crippen LogP contribution >= 0.6 is 0 Å². The third-order valence-corrected chi connectivity index (χ3v) is 6.18. The van der Waals surface area contributed by atoms with Crippen LogP contribution in [0.5, 0.6) is 0 Å². The fourth-order valence-electron chi connectivity index (χ4n) is 4.78. The molecule has 0 unspecified atom stereocenters. The number of hydrogen-bond donors (Lipinski definition) is 1. The van der Waals surface area contributed by atoms with E-state index in [0.29, 0.717) is 6.54 Å². The minimum absolute atomic E-state index is 0.112. The molecular weight excluding hydrogens is 314 g/mol. The highest BCUT2D eigenvalue weighted by Gasteiger charge is 2.49. The summed E-state index contributed by atoms with van der Waals surface area (Å²) < 4.78 is 0. The molecule has 1 aliphatic carbocycles. The normalized spacial score (nSPS) is 28.1. The summed E-state index contributed by atoms with van der Waals surface area (Å²) in [5.41, 5.74) is 0.424. The van der Waals surface area contributed by atoms with Crippen molar-refractivity contribution >= 4 is 17.5 Å². The zero-order valence-corrected chi connectivity index (χ0v) is 14.9. The van der Waals surface area contributed by atoms with Gasteiger partial charge in [0, 0.05) is 24.8 Å². The first-order valence-corrected chi connectivity index (χ1v) is 9.55. The highest BCUT2D eigenvalue weighted by molar-refractivity contribution is 5.95. The second-order valence-corrected chi connectivity index (χ2v) is 7.74. The van der Waals surface area contributed by atoms with Gasteiger partial charge in [-0.3, -0.25) is 9.59 Å². The molecule has 2 aliphatic heterocycles. The van der Waals surface area contributed by atoms with Gasteiger partial charge in [-0.25, -0.2) is 0 Å². The molecule has 3 aliphatic rings. The summed E-state index contributed by atoms with van der Waals surface area (Å²) >= 11 is 0. The van der Waals surface area contributed by atoms with E-state index >= 15 is 0 Å². The molecule has 1 saturated carbocycles. The molecule has 4 rings (SSSR count). The van der Waals surface area contributed by atoms with E-state index in [9.17, 15) is 9.59 Å². The Morgan fingerprint density at radius 1 is 1.16 bits per heavy atom. The molecule has 134 valence electrons. The van der Waals surface area contributed by atoms with Crippen molar-refractivity contribution in [1.29, 1.82) is 0 Å². The lowest BCUT2D eigenvalue weighted by Crippen LogP contribution is -2.64. The number of nitrogens with zero attached hydrogens (tertiary/aromatic N) is 2. The number of piperazine rings is 1. The number of anilines is 1. The van der Waals surface area contributed by atoms with Gasteiger partial charge >= 0.3 is 0 Å². The summed E-state index contributed by atoms with van der Waals surface area (Å²) in [5, 5.41) is 3.53. The van der Waals surface area contributed by atoms with Crippen LogP contribution in [0.25, 0.3) is 0 Å². The Morgan fingerprint density at radius 2 is 1.88 bits per heavy atom. The largest absolute Gasteiger partial charge is 0.371 e. The van der Waals surface area contributed by atoms with Crippen molar-refractivity contribution in [1.82, 2.24) is 9.80 Å². The van der Waals surface area contributed by atoms with Crippen LogP contribution in [-0.2, 0) is 9.59 Å². The van der Waals surface area contributed by atoms with E-state index < -0.39 is 5.54 Å². The van der Waals surface area contributed by atoms with Crippen LogP contribution in [0.3, 0.4) is 0 Å². The molecule has 5 heteroatoms. The second kappa shape index (κ2) is 6.36. The van der Waals surface area contributed by atoms with Crippen molar-refractivity contribution < 1.29 is 9.59 Å². The van der Waals surface area contributed by atoms with Gasteiger partial charge in [0.05, 0.1) is 0 Å². The highest BCUT2D eigenvalue weighted by Crippen LogP contribution is 2.37. The second-order valence-electron chi connectivity index (χ2n) is 7.74. The molecular formula is C20H27N3O2. The Labute approximate surface area is 149 Å². The maximum absolute atomic E-state index is 13.6. The maximum Gasteiger partial charge on any atom is 0.248 e. The topological polar surface area (TPSA) is 52.7 Å². The van der Waals surface area contributed by atoms with Crippen LogP contribution in [0.15, 0.2) is 30.3 Å². The minimum atomic E-state index is -0.559. The Bertz CT molecular complexity index is 654. The lowest BCUT2D eigenvalue weighted by Gasteiger charge is -2.45. The number of carbonyl (C=O) groups excluding carboxylic acids is 2. The minimum Gasteiger partial charge on any atom is -0.371 e. The summed E-state index contributed by atoms with van der Waals surface area (Å²) in [6.45, 7) is 3.42. The number of para-hydroxylation sites is 1. The predicted octanol–water partition coefficient (Wildman–Crippen LogP) is 2.63. The number of amides is 2. The van der Waals surface area contributed by atoms with Crippen molar-refractivity contribution in [3.05, 3.63) is 30.3 Å². The molecule has 2 amide bonds. The summed E-state index contributed by atoms with van der Waals surface area (Å²) in [6.07, 6.45) is 5.85. The lowest BCUT2D eigenvalue weighted by atomic mass is 9.92. The molecule has 1 N–H and O–H groups in total. The molecule has 0 spiro atoms. The zero-order valence-electron chi connectivity index (χ0n) is 14.9. The molecule has 2 atom stereocenters. The number of benzene rings is 1. The number of hydrogen-bond acceptors (Lipinski definition) is 3. The van der Waals surface area contributed by atoms with E-state index in [1.807, 2.05) is 47.1 Å². The number of nitrogens with one attached hydrogen (secondary N) is 1. The highest BCUT2D eigenvalue weighted by atomic mass is 16.2. The van der Waals surface area contributed by atoms with Crippen LogP contribution in [0.1, 0.15) is 45.4 Å². The summed E-state index contributed by atoms with van der Waals surface area (Å²) in [4.78, 5) is 30.1. The van der Waals surface area contributed by atoms with Gasteiger partial charge < -0.3 is 15.1 Å². The van der Waals surface area contributed by atoms with Crippen LogP contribution in [0.4, 0.5) is 5.69 Å². The van der Waals surface area contributed by atoms with E-state index in [1.165, 1.54) is 0 Å². The molecule has 0 aromatic heterocycles. The first-order valence-electron chi connectivity index (χ1n) is 9.55. The molecule has 0 radical (unpaired) electrons. The summed E-state index contributed by atoms with van der Waals surface area (Å²) in [6, 6.07) is 9.83. The Balaban J connectivity index is 1.59. The van der Waals surface area contributed by atoms with Gasteiger partial charge in [0.15, 0.2) is 0 Å². The quantitative estimate of drug-likeness (QED) is 0.919. The molecule has 1 aromatic rings. The van der Waals surface area contributed by atoms with E-state index in [-0.39, 0.29) is 23.9 Å². The fourth-order valence-corrected chi connectivity index (χ4v) is 4.78. The van der Waals surface area contributed by atoms with Gasteiger partial charge in [-0.2, -0.15) is 0 Å². The van der Waals surface area contributed by atoms with Gasteiger partial charge in [0.25, 0.3) is 0 Å². The standard InChI is InChI=1S/C20H27N3O2/c1-15-18(24)22-13-7-10-17(22)14-23(15)19(25)20(11-5-6-12-20)21-16-8-3-2-4-9-16/h2-4,8-9,15,17,21H,5-7,10-14H2,1H3/t15-,17+/m1/s1. The monoisotopic (exact) mass is 341 g/mol. The maximum atomic E-state index is 13.6. The molecule has 2 heterocycles. The van der Waals surface area contributed by atoms with Crippen molar-refractivity contribution in [3.63, 3.8) is 0 Å². The van der Waals surface area contributed by atoms with Crippen molar-refractivity contribution in [2.45, 2.75) is 63.1 Å². The predicted molar refractivity (Wildman–Crippen MR) is 97.2 cm³/mol. The number of rotatable bonds is 3. The van der Waals surface area contributed by atoms with E-state index in [2.05, 4.69) is 5.32 Å². The summed E-state index contributed by atoms with van der Waals surface area (Å²) in [5.74, 6) is 0.233. The van der Waals surface area contributed by atoms with Gasteiger partial charge in [-0.1, -0.05) is 31.0 Å². The first kappa shape index (κ1) is 16.4. The third kappa shape index (κ3) is 2.79. The van der Waals surface area contributed by atoms with Crippen LogP contribution in [0, 0.1) is 0 Å². The molecule has 1 aromatic carbocycles. The Hall–Kier alpha value is -2.04. The van der Waals surface area contributed by atoms with E-state index in [4.69, 9.17) is 0 Å². The Morgan fingerprint density at radius 3 is 2.60 bits per heavy atom. The van der Waals surface area contributed by atoms with Crippen molar-refractivity contribution in [3.8, 4) is 0 Å².